The molecule has 0 aliphatic carbocycles. The number of nitrogens with zero attached hydrogens (tertiary/aromatic N) is 2. The molecular weight excluding hydrogens is 411 g/mol. The Bertz CT molecular complexity index is 1130. The predicted octanol–water partition coefficient (Wildman–Crippen LogP) is 3.85. The third kappa shape index (κ3) is 5.99. The number of fused-ring (bicyclic) bond motifs is 1. The van der Waals surface area contributed by atoms with Crippen molar-refractivity contribution in [3.63, 3.8) is 0 Å². The summed E-state index contributed by atoms with van der Waals surface area (Å²) in [5.41, 5.74) is 2.17. The fraction of sp³-hybridized carbons (Fsp3) is 0.273. The predicted molar refractivity (Wildman–Crippen MR) is 107 cm³/mol. The molecule has 6 nitrogen and oxygen atoms in total. The smallest absolute Gasteiger partial charge is 0.465 e. The zero-order valence-corrected chi connectivity index (χ0v) is 16.9. The molecule has 1 atom stereocenters. The molecule has 0 spiro atoms. The van der Waals surface area contributed by atoms with Gasteiger partial charge in [-0.05, 0) is 50.1 Å². The molecule has 162 valence electrons. The number of carbonyl (C=O) groups excluding carboxylic acids is 1. The van der Waals surface area contributed by atoms with Gasteiger partial charge in [0.2, 0.25) is 0 Å². The number of aromatic nitrogens is 2. The lowest BCUT2D eigenvalue weighted by Crippen LogP contribution is -2.28. The van der Waals surface area contributed by atoms with E-state index in [1.807, 2.05) is 25.1 Å². The van der Waals surface area contributed by atoms with Gasteiger partial charge in [0.1, 0.15) is 17.1 Å². The van der Waals surface area contributed by atoms with E-state index < -0.39 is 6.36 Å². The van der Waals surface area contributed by atoms with Crippen LogP contribution in [0.3, 0.4) is 0 Å². The molecule has 3 aromatic rings. The molecule has 1 unspecified atom stereocenters. The molecule has 0 radical (unpaired) electrons. The van der Waals surface area contributed by atoms with Crippen LogP contribution in [0.4, 0.5) is 13.2 Å². The fourth-order valence-corrected chi connectivity index (χ4v) is 2.89. The van der Waals surface area contributed by atoms with Crippen LogP contribution in [-0.2, 0) is 9.53 Å². The van der Waals surface area contributed by atoms with E-state index in [9.17, 15) is 18.0 Å². The van der Waals surface area contributed by atoms with E-state index in [2.05, 4.69) is 26.9 Å². The number of hydrogen-bond acceptors (Lipinski definition) is 5. The van der Waals surface area contributed by atoms with Crippen LogP contribution in [-0.4, -0.2) is 34.9 Å². The van der Waals surface area contributed by atoms with Crippen molar-refractivity contribution >= 4 is 11.6 Å². The maximum atomic E-state index is 12.5. The quantitative estimate of drug-likeness (QED) is 0.475. The Balaban J connectivity index is 1.91. The molecule has 2 heterocycles. The summed E-state index contributed by atoms with van der Waals surface area (Å²) in [6.45, 7) is 3.86. The van der Waals surface area contributed by atoms with Gasteiger partial charge in [0.05, 0.1) is 18.8 Å². The van der Waals surface area contributed by atoms with Gasteiger partial charge in [-0.2, -0.15) is 0 Å². The molecule has 0 fully saturated rings. The molecule has 0 bridgehead atoms. The number of esters is 1. The lowest BCUT2D eigenvalue weighted by molar-refractivity contribution is -0.274. The minimum atomic E-state index is -4.78. The van der Waals surface area contributed by atoms with E-state index in [0.29, 0.717) is 22.6 Å². The van der Waals surface area contributed by atoms with Crippen molar-refractivity contribution in [2.45, 2.75) is 26.3 Å². The van der Waals surface area contributed by atoms with Gasteiger partial charge >= 0.3 is 12.3 Å². The van der Waals surface area contributed by atoms with Gasteiger partial charge in [0.25, 0.3) is 0 Å². The van der Waals surface area contributed by atoms with Crippen molar-refractivity contribution in [3.05, 3.63) is 65.6 Å². The lowest BCUT2D eigenvalue weighted by atomic mass is 10.1. The van der Waals surface area contributed by atoms with Gasteiger partial charge in [-0.3, -0.25) is 14.5 Å². The van der Waals surface area contributed by atoms with Gasteiger partial charge in [-0.15, -0.1) is 13.2 Å². The summed E-state index contributed by atoms with van der Waals surface area (Å²) in [4.78, 5) is 16.2. The Morgan fingerprint density at radius 1 is 1.23 bits per heavy atom. The molecule has 0 aliphatic rings. The van der Waals surface area contributed by atoms with E-state index >= 15 is 0 Å². The van der Waals surface area contributed by atoms with Crippen LogP contribution >= 0.6 is 0 Å². The number of pyridine rings is 1. The first kappa shape index (κ1) is 22.2. The topological polar surface area (TPSA) is 64.9 Å². The Labute approximate surface area is 177 Å². The van der Waals surface area contributed by atoms with Crippen LogP contribution in [0.1, 0.15) is 36.8 Å². The molecule has 9 heteroatoms. The molecule has 0 aliphatic heterocycles. The molecule has 0 saturated heterocycles. The Morgan fingerprint density at radius 3 is 2.77 bits per heavy atom. The third-order valence-corrected chi connectivity index (χ3v) is 4.22. The highest BCUT2D eigenvalue weighted by Crippen LogP contribution is 2.23. The van der Waals surface area contributed by atoms with Gasteiger partial charge in [0.15, 0.2) is 0 Å². The summed E-state index contributed by atoms with van der Waals surface area (Å²) in [7, 11) is 0. The number of alkyl halides is 3. The van der Waals surface area contributed by atoms with Crippen LogP contribution in [0, 0.1) is 11.8 Å². The Kier molecular flexibility index (Phi) is 6.82. The third-order valence-electron chi connectivity index (χ3n) is 4.22. The summed E-state index contributed by atoms with van der Waals surface area (Å²) in [6, 6.07) is 10.6. The summed E-state index contributed by atoms with van der Waals surface area (Å²) < 4.78 is 48.0. The zero-order valence-electron chi connectivity index (χ0n) is 16.9. The van der Waals surface area contributed by atoms with Crippen LogP contribution in [0.25, 0.3) is 5.65 Å². The maximum absolute atomic E-state index is 12.5. The van der Waals surface area contributed by atoms with E-state index in [4.69, 9.17) is 4.74 Å². The monoisotopic (exact) mass is 431 g/mol. The first-order valence-electron chi connectivity index (χ1n) is 9.50. The van der Waals surface area contributed by atoms with Crippen molar-refractivity contribution in [3.8, 4) is 17.6 Å². The van der Waals surface area contributed by atoms with E-state index in [1.165, 1.54) is 18.2 Å². The number of ether oxygens (including phenoxy) is 2. The number of imidazole rings is 1. The molecule has 1 N–H and O–H groups in total. The minimum absolute atomic E-state index is 0.00652. The lowest BCUT2D eigenvalue weighted by Gasteiger charge is -2.11. The van der Waals surface area contributed by atoms with Crippen molar-refractivity contribution in [2.75, 3.05) is 13.2 Å². The number of halogens is 3. The molecule has 3 rings (SSSR count). The summed E-state index contributed by atoms with van der Waals surface area (Å²) in [5.74, 6) is 5.13. The normalized spacial score (nSPS) is 12.2. The van der Waals surface area contributed by atoms with Gasteiger partial charge in [-0.1, -0.05) is 18.1 Å². The van der Waals surface area contributed by atoms with Crippen molar-refractivity contribution in [2.24, 2.45) is 0 Å². The van der Waals surface area contributed by atoms with Crippen LogP contribution < -0.4 is 10.1 Å². The molecular formula is C22H20F3N3O3. The summed E-state index contributed by atoms with van der Waals surface area (Å²) >= 11 is 0. The standard InChI is InChI=1S/C22H20F3N3O3/c1-3-30-20(29)14-26-15(2)21-18(28-12-5-4-9-19(28)27-21)11-10-16-7-6-8-17(13-16)31-22(23,24)25/h4-9,12-13,15,26H,3,14H2,1-2H3. The number of hydrogen-bond donors (Lipinski definition) is 1. The fourth-order valence-electron chi connectivity index (χ4n) is 2.89. The van der Waals surface area contributed by atoms with Crippen LogP contribution in [0.5, 0.6) is 5.75 Å². The van der Waals surface area contributed by atoms with Crippen molar-refractivity contribution in [1.29, 1.82) is 0 Å². The average Bonchev–Trinajstić information content (AvgIpc) is 3.08. The summed E-state index contributed by atoms with van der Waals surface area (Å²) in [6.07, 6.45) is -2.99. The van der Waals surface area contributed by atoms with E-state index in [1.54, 1.807) is 23.6 Å². The number of carbonyl (C=O) groups is 1. The van der Waals surface area contributed by atoms with Crippen LogP contribution in [0.2, 0.25) is 0 Å². The number of rotatable bonds is 6. The highest BCUT2D eigenvalue weighted by atomic mass is 19.4. The second kappa shape index (κ2) is 9.53. The second-order valence-electron chi connectivity index (χ2n) is 6.51. The second-order valence-corrected chi connectivity index (χ2v) is 6.51. The van der Waals surface area contributed by atoms with Crippen molar-refractivity contribution < 1.29 is 27.4 Å². The number of nitrogens with one attached hydrogen (secondary N) is 1. The molecule has 0 saturated carbocycles. The molecule has 0 amide bonds. The highest BCUT2D eigenvalue weighted by molar-refractivity contribution is 5.71. The highest BCUT2D eigenvalue weighted by Gasteiger charge is 2.31. The van der Waals surface area contributed by atoms with Crippen LogP contribution in [0.15, 0.2) is 48.7 Å². The Morgan fingerprint density at radius 2 is 2.03 bits per heavy atom. The molecule has 1 aromatic carbocycles. The van der Waals surface area contributed by atoms with E-state index in [-0.39, 0.29) is 30.9 Å². The first-order chi connectivity index (χ1) is 14.8. The molecule has 31 heavy (non-hydrogen) atoms. The first-order valence-corrected chi connectivity index (χ1v) is 9.50. The van der Waals surface area contributed by atoms with Crippen molar-refractivity contribution in [1.82, 2.24) is 14.7 Å². The number of benzene rings is 1. The zero-order chi connectivity index (χ0) is 22.4. The minimum Gasteiger partial charge on any atom is -0.465 e. The van der Waals surface area contributed by atoms with Gasteiger partial charge in [-0.25, -0.2) is 4.98 Å². The largest absolute Gasteiger partial charge is 0.573 e. The maximum Gasteiger partial charge on any atom is 0.573 e. The van der Waals surface area contributed by atoms with E-state index in [0.717, 1.165) is 0 Å². The summed E-state index contributed by atoms with van der Waals surface area (Å²) in [5, 5.41) is 3.05. The Hall–Kier alpha value is -3.51. The average molecular weight is 431 g/mol. The SMILES string of the molecule is CCOC(=O)CNC(C)c1nc2ccccn2c1C#Cc1cccc(OC(F)(F)F)c1. The van der Waals surface area contributed by atoms with Gasteiger partial charge < -0.3 is 9.47 Å². The van der Waals surface area contributed by atoms with Gasteiger partial charge in [0, 0.05) is 17.8 Å². The molecule has 2 aromatic heterocycles.